The van der Waals surface area contributed by atoms with E-state index in [1.807, 2.05) is 56.4 Å². The monoisotopic (exact) mass is 389 g/mol. The second-order valence-electron chi connectivity index (χ2n) is 7.87. The van der Waals surface area contributed by atoms with Gasteiger partial charge < -0.3 is 10.1 Å². The van der Waals surface area contributed by atoms with Gasteiger partial charge in [0.2, 0.25) is 11.6 Å². The highest BCUT2D eigenvalue weighted by atomic mass is 16.5. The Morgan fingerprint density at radius 2 is 1.79 bits per heavy atom. The summed E-state index contributed by atoms with van der Waals surface area (Å²) in [5.74, 6) is 1.80. The molecule has 0 saturated heterocycles. The number of hydrogen-bond acceptors (Lipinski definition) is 5. The predicted octanol–water partition coefficient (Wildman–Crippen LogP) is 4.62. The van der Waals surface area contributed by atoms with Crippen molar-refractivity contribution in [1.82, 2.24) is 19.6 Å². The van der Waals surface area contributed by atoms with Crippen LogP contribution in [0.25, 0.3) is 16.7 Å². The third kappa shape index (κ3) is 3.63. The molecule has 1 N–H and O–H groups in total. The van der Waals surface area contributed by atoms with Gasteiger partial charge in [-0.1, -0.05) is 39.8 Å². The van der Waals surface area contributed by atoms with E-state index in [2.05, 4.69) is 20.5 Å². The number of benzene rings is 2. The molecule has 148 valence electrons. The van der Waals surface area contributed by atoms with Crippen molar-refractivity contribution in [2.45, 2.75) is 34.1 Å². The Balaban J connectivity index is 1.67. The van der Waals surface area contributed by atoms with E-state index in [0.717, 1.165) is 23.3 Å². The summed E-state index contributed by atoms with van der Waals surface area (Å²) in [7, 11) is 0. The van der Waals surface area contributed by atoms with Crippen molar-refractivity contribution in [3.05, 3.63) is 54.4 Å². The van der Waals surface area contributed by atoms with E-state index in [0.29, 0.717) is 23.0 Å². The molecule has 4 rings (SSSR count). The fraction of sp³-hybridized carbons (Fsp3) is 0.273. The van der Waals surface area contributed by atoms with Crippen molar-refractivity contribution in [3.8, 4) is 11.6 Å². The zero-order valence-corrected chi connectivity index (χ0v) is 16.9. The molecule has 2 aromatic carbocycles. The van der Waals surface area contributed by atoms with Crippen molar-refractivity contribution in [3.63, 3.8) is 0 Å². The number of rotatable bonds is 4. The lowest BCUT2D eigenvalue weighted by molar-refractivity contribution is -0.123. The molecule has 0 bridgehead atoms. The van der Waals surface area contributed by atoms with Crippen molar-refractivity contribution < 1.29 is 9.53 Å². The van der Waals surface area contributed by atoms with Crippen molar-refractivity contribution >= 4 is 28.3 Å². The van der Waals surface area contributed by atoms with Crippen LogP contribution in [0.4, 0.5) is 5.69 Å². The number of anilines is 1. The Kier molecular flexibility index (Phi) is 4.66. The number of ether oxygens (including phenoxy) is 1. The summed E-state index contributed by atoms with van der Waals surface area (Å²) in [5, 5.41) is 11.5. The first-order valence-corrected chi connectivity index (χ1v) is 9.59. The molecule has 2 heterocycles. The smallest absolute Gasteiger partial charge is 0.266 e. The van der Waals surface area contributed by atoms with Crippen LogP contribution in [0.5, 0.6) is 11.6 Å². The van der Waals surface area contributed by atoms with E-state index in [9.17, 15) is 4.79 Å². The quantitative estimate of drug-likeness (QED) is 0.551. The van der Waals surface area contributed by atoms with Gasteiger partial charge in [0.1, 0.15) is 11.6 Å². The van der Waals surface area contributed by atoms with Crippen LogP contribution in [0.3, 0.4) is 0 Å². The van der Waals surface area contributed by atoms with Gasteiger partial charge in [-0.15, -0.1) is 10.2 Å². The standard InChI is InChI=1S/C22H23N5O2/c1-5-18-25-26-19-20(24-16-8-6-7-9-17(16)27(18)19)29-15-12-10-14(11-13-15)23-21(28)22(2,3)4/h6-13H,5H2,1-4H3,(H,23,28). The van der Waals surface area contributed by atoms with Crippen molar-refractivity contribution in [2.24, 2.45) is 5.41 Å². The number of nitrogens with zero attached hydrogens (tertiary/aromatic N) is 4. The van der Waals surface area contributed by atoms with Crippen LogP contribution in [0, 0.1) is 5.41 Å². The van der Waals surface area contributed by atoms with Crippen LogP contribution in [-0.2, 0) is 11.2 Å². The maximum atomic E-state index is 12.1. The van der Waals surface area contributed by atoms with Crippen LogP contribution < -0.4 is 10.1 Å². The molecule has 0 fully saturated rings. The molecular weight excluding hydrogens is 366 g/mol. The molecular formula is C22H23N5O2. The lowest BCUT2D eigenvalue weighted by Crippen LogP contribution is -2.27. The number of aromatic nitrogens is 4. The summed E-state index contributed by atoms with van der Waals surface area (Å²) >= 11 is 0. The molecule has 0 spiro atoms. The first kappa shape index (κ1) is 18.9. The number of para-hydroxylation sites is 2. The summed E-state index contributed by atoms with van der Waals surface area (Å²) in [4.78, 5) is 16.8. The zero-order chi connectivity index (χ0) is 20.6. The highest BCUT2D eigenvalue weighted by Crippen LogP contribution is 2.28. The van der Waals surface area contributed by atoms with Gasteiger partial charge in [-0.25, -0.2) is 4.98 Å². The zero-order valence-electron chi connectivity index (χ0n) is 16.9. The lowest BCUT2D eigenvalue weighted by atomic mass is 9.95. The van der Waals surface area contributed by atoms with Crippen LogP contribution in [0.2, 0.25) is 0 Å². The first-order chi connectivity index (χ1) is 13.9. The highest BCUT2D eigenvalue weighted by Gasteiger charge is 2.21. The molecule has 1 amide bonds. The fourth-order valence-corrected chi connectivity index (χ4v) is 2.95. The van der Waals surface area contributed by atoms with Gasteiger partial charge in [0, 0.05) is 17.5 Å². The maximum absolute atomic E-state index is 12.1. The average Bonchev–Trinajstić information content (AvgIpc) is 3.13. The summed E-state index contributed by atoms with van der Waals surface area (Å²) in [6.45, 7) is 7.66. The van der Waals surface area contributed by atoms with Gasteiger partial charge >= 0.3 is 0 Å². The van der Waals surface area contributed by atoms with Gasteiger partial charge in [-0.3, -0.25) is 9.20 Å². The van der Waals surface area contributed by atoms with Gasteiger partial charge in [0.25, 0.3) is 5.88 Å². The maximum Gasteiger partial charge on any atom is 0.266 e. The minimum Gasteiger partial charge on any atom is -0.436 e. The second-order valence-corrected chi connectivity index (χ2v) is 7.87. The normalized spacial score (nSPS) is 11.7. The number of nitrogens with one attached hydrogen (secondary N) is 1. The second kappa shape index (κ2) is 7.16. The van der Waals surface area contributed by atoms with Gasteiger partial charge in [-0.05, 0) is 36.4 Å². The molecule has 0 aliphatic carbocycles. The Bertz CT molecular complexity index is 1190. The van der Waals surface area contributed by atoms with Crippen LogP contribution in [0.15, 0.2) is 48.5 Å². The lowest BCUT2D eigenvalue weighted by Gasteiger charge is -2.17. The molecule has 2 aromatic heterocycles. The molecule has 0 unspecified atom stereocenters. The van der Waals surface area contributed by atoms with E-state index in [1.165, 1.54) is 0 Å². The van der Waals surface area contributed by atoms with Crippen LogP contribution in [-0.4, -0.2) is 25.5 Å². The molecule has 0 atom stereocenters. The average molecular weight is 389 g/mol. The highest BCUT2D eigenvalue weighted by molar-refractivity contribution is 5.94. The van der Waals surface area contributed by atoms with Gasteiger partial charge in [0.05, 0.1) is 11.0 Å². The molecule has 7 nitrogen and oxygen atoms in total. The Morgan fingerprint density at radius 1 is 1.07 bits per heavy atom. The molecule has 0 aliphatic heterocycles. The van der Waals surface area contributed by atoms with Crippen molar-refractivity contribution in [1.29, 1.82) is 0 Å². The number of carbonyl (C=O) groups is 1. The number of aryl methyl sites for hydroxylation is 1. The summed E-state index contributed by atoms with van der Waals surface area (Å²) < 4.78 is 8.02. The molecule has 7 heteroatoms. The minimum absolute atomic E-state index is 0.0420. The molecule has 29 heavy (non-hydrogen) atoms. The largest absolute Gasteiger partial charge is 0.436 e. The van der Waals surface area contributed by atoms with E-state index < -0.39 is 5.41 Å². The Hall–Kier alpha value is -3.48. The molecule has 0 radical (unpaired) electrons. The number of hydrogen-bond donors (Lipinski definition) is 1. The Labute approximate surface area is 168 Å². The van der Waals surface area contributed by atoms with E-state index in [4.69, 9.17) is 4.74 Å². The number of amides is 1. The topological polar surface area (TPSA) is 81.4 Å². The molecule has 4 aromatic rings. The third-order valence-electron chi connectivity index (χ3n) is 4.59. The summed E-state index contributed by atoms with van der Waals surface area (Å²) in [6, 6.07) is 15.0. The fourth-order valence-electron chi connectivity index (χ4n) is 2.95. The SMILES string of the molecule is CCc1nnc2c(Oc3ccc(NC(=O)C(C)(C)C)cc3)nc3ccccc3n12. The molecule has 0 saturated carbocycles. The predicted molar refractivity (Wildman–Crippen MR) is 112 cm³/mol. The minimum atomic E-state index is -0.458. The van der Waals surface area contributed by atoms with Crippen LogP contribution in [0.1, 0.15) is 33.5 Å². The summed E-state index contributed by atoms with van der Waals surface area (Å²) in [5.41, 5.74) is 2.58. The van der Waals surface area contributed by atoms with E-state index in [-0.39, 0.29) is 5.91 Å². The van der Waals surface area contributed by atoms with Gasteiger partial charge in [-0.2, -0.15) is 0 Å². The van der Waals surface area contributed by atoms with E-state index >= 15 is 0 Å². The molecule has 0 aliphatic rings. The number of carbonyl (C=O) groups excluding carboxylic acids is 1. The summed E-state index contributed by atoms with van der Waals surface area (Å²) in [6.07, 6.45) is 0.747. The number of fused-ring (bicyclic) bond motifs is 3. The first-order valence-electron chi connectivity index (χ1n) is 9.59. The third-order valence-corrected chi connectivity index (χ3v) is 4.59. The van der Waals surface area contributed by atoms with Crippen molar-refractivity contribution in [2.75, 3.05) is 5.32 Å². The Morgan fingerprint density at radius 3 is 2.48 bits per heavy atom. The van der Waals surface area contributed by atoms with Crippen LogP contribution >= 0.6 is 0 Å². The van der Waals surface area contributed by atoms with E-state index in [1.54, 1.807) is 24.3 Å². The van der Waals surface area contributed by atoms with Gasteiger partial charge in [0.15, 0.2) is 0 Å².